The van der Waals surface area contributed by atoms with Crippen LogP contribution in [0.1, 0.15) is 35.2 Å². The molecule has 100 valence electrons. The summed E-state index contributed by atoms with van der Waals surface area (Å²) < 4.78 is 0. The minimum atomic E-state index is -0.962. The van der Waals surface area contributed by atoms with Crippen molar-refractivity contribution in [2.24, 2.45) is 17.8 Å². The number of nitrogens with one attached hydrogen (secondary N) is 1. The Bertz CT molecular complexity index is 542. The molecular formula is C15H17NO3. The number of hydrogen-bond acceptors (Lipinski definition) is 2. The van der Waals surface area contributed by atoms with Gasteiger partial charge in [0.2, 0.25) is 5.91 Å². The Balaban J connectivity index is 1.70. The van der Waals surface area contributed by atoms with Crippen molar-refractivity contribution in [3.05, 3.63) is 29.3 Å². The molecule has 2 N–H and O–H groups in total. The average Bonchev–Trinajstić information content (AvgIpc) is 2.98. The van der Waals surface area contributed by atoms with Crippen LogP contribution >= 0.6 is 0 Å². The Morgan fingerprint density at radius 1 is 1.21 bits per heavy atom. The zero-order valence-electron chi connectivity index (χ0n) is 10.8. The monoisotopic (exact) mass is 259 g/mol. The van der Waals surface area contributed by atoms with Crippen LogP contribution in [0.4, 0.5) is 5.69 Å². The smallest absolute Gasteiger partial charge is 0.336 e. The average molecular weight is 259 g/mol. The second kappa shape index (κ2) is 4.37. The molecule has 1 amide bonds. The molecule has 1 aromatic carbocycles. The van der Waals surface area contributed by atoms with Crippen LogP contribution in [0, 0.1) is 24.7 Å². The van der Waals surface area contributed by atoms with Crippen molar-refractivity contribution in [1.82, 2.24) is 0 Å². The minimum absolute atomic E-state index is 0.0346. The Kier molecular flexibility index (Phi) is 2.81. The highest BCUT2D eigenvalue weighted by atomic mass is 16.4. The summed E-state index contributed by atoms with van der Waals surface area (Å²) >= 11 is 0. The molecule has 0 aromatic heterocycles. The maximum absolute atomic E-state index is 12.1. The maximum atomic E-state index is 12.1. The quantitative estimate of drug-likeness (QED) is 0.877. The summed E-state index contributed by atoms with van der Waals surface area (Å²) in [4.78, 5) is 23.1. The molecule has 3 rings (SSSR count). The van der Waals surface area contributed by atoms with Crippen LogP contribution in [0.15, 0.2) is 18.2 Å². The molecule has 0 saturated heterocycles. The third-order valence-corrected chi connectivity index (χ3v) is 4.35. The molecule has 0 spiro atoms. The highest BCUT2D eigenvalue weighted by Gasteiger charge is 2.47. The van der Waals surface area contributed by atoms with Crippen molar-refractivity contribution in [2.75, 3.05) is 5.32 Å². The van der Waals surface area contributed by atoms with Crippen molar-refractivity contribution in [3.8, 4) is 0 Å². The van der Waals surface area contributed by atoms with Gasteiger partial charge in [0.05, 0.1) is 5.56 Å². The fourth-order valence-corrected chi connectivity index (χ4v) is 3.10. The Morgan fingerprint density at radius 2 is 1.89 bits per heavy atom. The van der Waals surface area contributed by atoms with E-state index in [1.165, 1.54) is 12.5 Å². The molecule has 4 heteroatoms. The summed E-state index contributed by atoms with van der Waals surface area (Å²) in [7, 11) is 0. The molecular weight excluding hydrogens is 242 g/mol. The van der Waals surface area contributed by atoms with Crippen LogP contribution in [-0.4, -0.2) is 17.0 Å². The Labute approximate surface area is 111 Å². The lowest BCUT2D eigenvalue weighted by Gasteiger charge is -2.13. The zero-order chi connectivity index (χ0) is 13.6. The van der Waals surface area contributed by atoms with Crippen LogP contribution in [0.25, 0.3) is 0 Å². The SMILES string of the molecule is Cc1ccc(NC(=O)C2CC3CC3C2)cc1C(=O)O. The van der Waals surface area contributed by atoms with E-state index in [0.29, 0.717) is 11.3 Å². The van der Waals surface area contributed by atoms with E-state index in [4.69, 9.17) is 5.11 Å². The highest BCUT2D eigenvalue weighted by molar-refractivity contribution is 5.95. The van der Waals surface area contributed by atoms with E-state index in [-0.39, 0.29) is 17.4 Å². The van der Waals surface area contributed by atoms with Gasteiger partial charge in [-0.25, -0.2) is 4.79 Å². The largest absolute Gasteiger partial charge is 0.478 e. The van der Waals surface area contributed by atoms with E-state index in [1.807, 2.05) is 0 Å². The van der Waals surface area contributed by atoms with Gasteiger partial charge in [0.1, 0.15) is 0 Å². The van der Waals surface area contributed by atoms with Gasteiger partial charge in [-0.15, -0.1) is 0 Å². The normalized spacial score (nSPS) is 27.7. The van der Waals surface area contributed by atoms with E-state index in [1.54, 1.807) is 19.1 Å². The van der Waals surface area contributed by atoms with Crippen molar-refractivity contribution >= 4 is 17.6 Å². The summed E-state index contributed by atoms with van der Waals surface area (Å²) in [5, 5.41) is 11.9. The topological polar surface area (TPSA) is 66.4 Å². The molecule has 2 unspecified atom stereocenters. The lowest BCUT2D eigenvalue weighted by Crippen LogP contribution is -2.21. The third kappa shape index (κ3) is 2.35. The standard InChI is InChI=1S/C15H17NO3/c1-8-2-3-12(7-13(8)15(18)19)16-14(17)11-5-9-4-10(9)6-11/h2-3,7,9-11H,4-6H2,1H3,(H,16,17)(H,18,19). The number of aryl methyl sites for hydroxylation is 1. The summed E-state index contributed by atoms with van der Waals surface area (Å²) in [5.41, 5.74) is 1.52. The maximum Gasteiger partial charge on any atom is 0.336 e. The van der Waals surface area contributed by atoms with Gasteiger partial charge in [-0.05, 0) is 55.7 Å². The minimum Gasteiger partial charge on any atom is -0.478 e. The molecule has 19 heavy (non-hydrogen) atoms. The van der Waals surface area contributed by atoms with Gasteiger partial charge < -0.3 is 10.4 Å². The van der Waals surface area contributed by atoms with E-state index in [2.05, 4.69) is 5.32 Å². The molecule has 0 aliphatic heterocycles. The van der Waals surface area contributed by atoms with Crippen LogP contribution in [0.2, 0.25) is 0 Å². The number of rotatable bonds is 3. The molecule has 2 aliphatic rings. The van der Waals surface area contributed by atoms with Crippen molar-refractivity contribution in [1.29, 1.82) is 0 Å². The third-order valence-electron chi connectivity index (χ3n) is 4.35. The molecule has 2 atom stereocenters. The Hall–Kier alpha value is -1.84. The lowest BCUT2D eigenvalue weighted by atomic mass is 10.0. The van der Waals surface area contributed by atoms with E-state index >= 15 is 0 Å². The van der Waals surface area contributed by atoms with Gasteiger partial charge in [0, 0.05) is 11.6 Å². The number of anilines is 1. The second-order valence-electron chi connectivity index (χ2n) is 5.75. The van der Waals surface area contributed by atoms with E-state index in [9.17, 15) is 9.59 Å². The van der Waals surface area contributed by atoms with Gasteiger partial charge >= 0.3 is 5.97 Å². The van der Waals surface area contributed by atoms with Gasteiger partial charge in [-0.3, -0.25) is 4.79 Å². The van der Waals surface area contributed by atoms with Gasteiger partial charge in [-0.1, -0.05) is 6.07 Å². The van der Waals surface area contributed by atoms with Gasteiger partial charge in [-0.2, -0.15) is 0 Å². The first kappa shape index (κ1) is 12.2. The lowest BCUT2D eigenvalue weighted by molar-refractivity contribution is -0.120. The van der Waals surface area contributed by atoms with Crippen LogP contribution in [0.5, 0.6) is 0 Å². The summed E-state index contributed by atoms with van der Waals surface area (Å²) in [6.07, 6.45) is 3.28. The summed E-state index contributed by atoms with van der Waals surface area (Å²) in [5.74, 6) is 0.716. The van der Waals surface area contributed by atoms with Crippen molar-refractivity contribution in [3.63, 3.8) is 0 Å². The predicted molar refractivity (Wildman–Crippen MR) is 71.1 cm³/mol. The first-order valence-corrected chi connectivity index (χ1v) is 6.69. The molecule has 0 heterocycles. The number of aromatic carboxylic acids is 1. The fraction of sp³-hybridized carbons (Fsp3) is 0.467. The molecule has 1 aromatic rings. The molecule has 0 radical (unpaired) electrons. The number of carboxylic acids is 1. The first-order chi connectivity index (χ1) is 9.04. The van der Waals surface area contributed by atoms with Crippen molar-refractivity contribution in [2.45, 2.75) is 26.2 Å². The zero-order valence-corrected chi connectivity index (χ0v) is 10.8. The van der Waals surface area contributed by atoms with Crippen molar-refractivity contribution < 1.29 is 14.7 Å². The number of carboxylic acid groups (broad SMARTS) is 1. The van der Waals surface area contributed by atoms with Crippen LogP contribution in [-0.2, 0) is 4.79 Å². The highest BCUT2D eigenvalue weighted by Crippen LogP contribution is 2.54. The van der Waals surface area contributed by atoms with E-state index < -0.39 is 5.97 Å². The number of fused-ring (bicyclic) bond motifs is 1. The molecule has 2 fully saturated rings. The number of carbonyl (C=O) groups excluding carboxylic acids is 1. The van der Waals surface area contributed by atoms with Gasteiger partial charge in [0.15, 0.2) is 0 Å². The number of benzene rings is 1. The molecule has 0 bridgehead atoms. The number of carbonyl (C=O) groups is 2. The summed E-state index contributed by atoms with van der Waals surface area (Å²) in [6.45, 7) is 1.75. The molecule has 2 saturated carbocycles. The predicted octanol–water partition coefficient (Wildman–Crippen LogP) is 2.68. The van der Waals surface area contributed by atoms with E-state index in [0.717, 1.165) is 24.7 Å². The Morgan fingerprint density at radius 3 is 2.53 bits per heavy atom. The number of amides is 1. The van der Waals surface area contributed by atoms with Gasteiger partial charge in [0.25, 0.3) is 0 Å². The first-order valence-electron chi connectivity index (χ1n) is 6.69. The fourth-order valence-electron chi connectivity index (χ4n) is 3.10. The summed E-state index contributed by atoms with van der Waals surface area (Å²) in [6, 6.07) is 5.02. The van der Waals surface area contributed by atoms with Crippen LogP contribution in [0.3, 0.4) is 0 Å². The second-order valence-corrected chi connectivity index (χ2v) is 5.75. The van der Waals surface area contributed by atoms with Crippen LogP contribution < -0.4 is 5.32 Å². The molecule has 2 aliphatic carbocycles. The molecule has 4 nitrogen and oxygen atoms in total. The number of hydrogen-bond donors (Lipinski definition) is 2.